The normalized spacial score (nSPS) is 10.3. The maximum absolute atomic E-state index is 13.8. The van der Waals surface area contributed by atoms with E-state index in [0.717, 1.165) is 66.4 Å². The molecule has 0 fully saturated rings. The number of anilines is 1. The minimum atomic E-state index is -0.633. The van der Waals surface area contributed by atoms with Crippen LogP contribution in [0.1, 0.15) is 235 Å². The molecule has 0 aliphatic heterocycles. The van der Waals surface area contributed by atoms with E-state index in [-0.39, 0.29) is 11.1 Å². The van der Waals surface area contributed by atoms with Gasteiger partial charge in [-0.15, -0.1) is 52.6 Å². The number of thiol groups is 1. The number of aryl methyl sites for hydroxylation is 6. The monoisotopic (exact) mass is 1870 g/mol. The summed E-state index contributed by atoms with van der Waals surface area (Å²) in [7, 11) is 5.52. The van der Waals surface area contributed by atoms with Gasteiger partial charge in [0.15, 0.2) is 0 Å². The molecule has 0 aliphatic carbocycles. The number of nitrogens with zero attached hydrogens (tertiary/aromatic N) is 8. The summed E-state index contributed by atoms with van der Waals surface area (Å²) in [5.41, 5.74) is 20.8. The van der Waals surface area contributed by atoms with Gasteiger partial charge in [0.1, 0.15) is 35.1 Å². The van der Waals surface area contributed by atoms with Crippen LogP contribution in [0.5, 0.6) is 5.75 Å². The lowest BCUT2D eigenvalue weighted by Crippen LogP contribution is -2.07. The fraction of sp³-hybridized carbons (Fsp3) is 0.281. The predicted octanol–water partition coefficient (Wildman–Crippen LogP) is 33.9. The van der Waals surface area contributed by atoms with Crippen LogP contribution in [0.2, 0.25) is 0 Å². The Bertz CT molecular complexity index is 6340. The molecule has 0 unspecified atom stereocenters. The number of rotatable bonds is 34. The molecule has 5 heterocycles. The van der Waals surface area contributed by atoms with Gasteiger partial charge in [0.2, 0.25) is 11.6 Å². The molecule has 0 amide bonds. The van der Waals surface area contributed by atoms with Crippen LogP contribution in [0.3, 0.4) is 0 Å². The molecule has 15 heteroatoms. The number of methoxy groups -OCH3 is 1. The highest BCUT2D eigenvalue weighted by Gasteiger charge is 2.19. The molecule has 9 aromatic carbocycles. The first-order chi connectivity index (χ1) is 66.2. The van der Waals surface area contributed by atoms with Crippen LogP contribution in [0.25, 0.3) is 92.7 Å². The highest BCUT2D eigenvalue weighted by Crippen LogP contribution is 2.46. The number of unbranched alkanes of at least 4 members (excludes halogenated alkanes) is 18. The molecule has 14 aromatic rings. The Kier molecular flexibility index (Phi) is 46.5. The van der Waals surface area contributed by atoms with Crippen LogP contribution in [-0.2, 0) is 12.8 Å². The summed E-state index contributed by atoms with van der Waals surface area (Å²) in [5, 5.41) is 26.1. The van der Waals surface area contributed by atoms with E-state index >= 15 is 0 Å². The molecule has 5 aromatic heterocycles. The molecular formula is C121H126F2N8OS4. The topological polar surface area (TPSA) is 135 Å². The van der Waals surface area contributed by atoms with E-state index in [0.29, 0.717) is 22.8 Å². The maximum Gasteiger partial charge on any atom is 0.204 e. The van der Waals surface area contributed by atoms with Crippen LogP contribution in [0.4, 0.5) is 14.5 Å². The number of hydrogen-bond acceptors (Lipinski definition) is 13. The van der Waals surface area contributed by atoms with E-state index in [9.17, 15) is 8.78 Å². The number of aromatic nitrogens is 4. The Morgan fingerprint density at radius 2 is 0.772 bits per heavy atom. The Hall–Kier alpha value is -13.3. The number of halogens is 2. The molecule has 0 radical (unpaired) electrons. The van der Waals surface area contributed by atoms with E-state index in [4.69, 9.17) is 20.5 Å². The average Bonchev–Trinajstić information content (AvgIpc) is 1.70. The smallest absolute Gasteiger partial charge is 0.204 e. The Labute approximate surface area is 826 Å². The Balaban J connectivity index is 0.000000196. The minimum absolute atomic E-state index is 0.109. The molecule has 136 heavy (non-hydrogen) atoms. The van der Waals surface area contributed by atoms with Crippen molar-refractivity contribution in [1.82, 2.24) is 19.9 Å². The summed E-state index contributed by atoms with van der Waals surface area (Å²) in [5.74, 6) is 16.8. The number of hydrogen-bond donors (Lipinski definition) is 1. The lowest BCUT2D eigenvalue weighted by atomic mass is 10.0. The zero-order valence-corrected chi connectivity index (χ0v) is 84.3. The van der Waals surface area contributed by atoms with Crippen molar-refractivity contribution in [3.05, 3.63) is 345 Å². The van der Waals surface area contributed by atoms with E-state index in [1.807, 2.05) is 193 Å². The summed E-state index contributed by atoms with van der Waals surface area (Å²) in [6.07, 6.45) is 43.1. The third-order valence-electron chi connectivity index (χ3n) is 22.6. The van der Waals surface area contributed by atoms with Crippen molar-refractivity contribution in [3.8, 4) is 134 Å². The fourth-order valence-electron chi connectivity index (χ4n) is 14.8. The number of benzene rings is 9. The SMILES string of the molecule is CC#Cc1c(F)cc(-c2ccc(N(C)C)cc2)cc1F.CC#Cc1ncc(-c2ccc(OC)cc2)cn1.CC#Cc1ncc(-c2ccc(S)cc2)cn1.CCCCCCCCCCCCc1cc(-c2ccc(-c3sc(C)cc3CCCCCCCCCCCC)s2)sc1-c1ccc(C)cc1.Cc1ccc(-c2ccc(C#N)cc2)cc1.Cc1ccc(/C=C/c2ccc(C=C(C#N)C#N)cc2)cc1. The van der Waals surface area contributed by atoms with Gasteiger partial charge >= 0.3 is 0 Å². The largest absolute Gasteiger partial charge is 0.497 e. The summed E-state index contributed by atoms with van der Waals surface area (Å²) in [4.78, 5) is 28.4. The summed E-state index contributed by atoms with van der Waals surface area (Å²) in [6, 6.07) is 82.6. The van der Waals surface area contributed by atoms with Gasteiger partial charge in [-0.2, -0.15) is 15.8 Å². The lowest BCUT2D eigenvalue weighted by Gasteiger charge is -2.13. The molecule has 0 saturated carbocycles. The molecule has 694 valence electrons. The molecule has 9 nitrogen and oxygen atoms in total. The second-order valence-electron chi connectivity index (χ2n) is 33.6. The number of allylic oxidation sites excluding steroid dienone is 1. The average molecular weight is 1870 g/mol. The fourth-order valence-corrected chi connectivity index (χ4v) is 18.5. The van der Waals surface area contributed by atoms with Gasteiger partial charge in [-0.1, -0.05) is 322 Å². The Morgan fingerprint density at radius 3 is 1.21 bits per heavy atom. The molecule has 0 atom stereocenters. The third-order valence-corrected chi connectivity index (χ3v) is 26.6. The number of nitriles is 3. The third kappa shape index (κ3) is 36.5. The standard InChI is InChI=1S/C44H64S3.C19H14N2.C17H15F2N.C14H12N2O.C14H11N.C13H10N2S/c1-5-7-9-11-13-15-17-19-21-23-25-38-33-36(4)45-44(38)41-32-31-40(46-41)42-34-39(43(47-42)37-29-27-35(3)28-30-37)26-24-22-20-18-16-14-12-10-8-6-2;1-15-2-4-16(5-3-15)6-7-17-8-10-18(11-9-17)12-19(13-20)14-21;1-4-5-15-16(18)10-13(11-17(15)19)12-6-8-14(9-7-12)20(2)3;1-3-4-14-15-9-12(10-16-14)11-5-7-13(17-2)8-6-11;1-11-2-6-13(7-3-11)14-8-4-12(10-15)5-9-14;1-2-3-13-14-8-11(9-15-13)10-4-6-12(16)7-5-10/h27-34H,5-26H2,1-4H3;2-12H,1H3;6-11H,1-3H3;5-10H,1-2H3;2-9H,1H3;4-9,16H,1H3/b;7-6+;;;;. The van der Waals surface area contributed by atoms with Crippen LogP contribution in [0, 0.1) is 109 Å². The van der Waals surface area contributed by atoms with E-state index in [1.165, 1.54) is 210 Å². The molecular weight excluding hydrogens is 1750 g/mol. The van der Waals surface area contributed by atoms with Crippen molar-refractivity contribution in [2.45, 2.75) is 208 Å². The minimum Gasteiger partial charge on any atom is -0.497 e. The second-order valence-corrected chi connectivity index (χ2v) is 37.5. The first-order valence-electron chi connectivity index (χ1n) is 47.2. The molecule has 0 spiro atoms. The number of thiophene rings is 3. The van der Waals surface area contributed by atoms with Crippen molar-refractivity contribution in [3.63, 3.8) is 0 Å². The summed E-state index contributed by atoms with van der Waals surface area (Å²) in [6.45, 7) is 18.3. The summed E-state index contributed by atoms with van der Waals surface area (Å²) >= 11 is 10.3. The molecule has 0 bridgehead atoms. The quantitative estimate of drug-likeness (QED) is 0.0137. The second kappa shape index (κ2) is 59.4. The first-order valence-corrected chi connectivity index (χ1v) is 50.1. The zero-order chi connectivity index (χ0) is 97.0. The van der Waals surface area contributed by atoms with Crippen molar-refractivity contribution >= 4 is 70.6 Å². The van der Waals surface area contributed by atoms with Crippen LogP contribution < -0.4 is 9.64 Å². The van der Waals surface area contributed by atoms with Crippen molar-refractivity contribution in [2.24, 2.45) is 0 Å². The lowest BCUT2D eigenvalue weighted by molar-refractivity contribution is 0.415. The number of ether oxygens (including phenoxy) is 1. The molecule has 0 N–H and O–H groups in total. The van der Waals surface area contributed by atoms with Gasteiger partial charge in [0.25, 0.3) is 0 Å². The maximum atomic E-state index is 13.8. The van der Waals surface area contributed by atoms with Gasteiger partial charge in [0, 0.05) is 89.9 Å². The van der Waals surface area contributed by atoms with Crippen LogP contribution in [0.15, 0.2) is 266 Å². The molecule has 0 saturated heterocycles. The van der Waals surface area contributed by atoms with Gasteiger partial charge in [-0.25, -0.2) is 28.7 Å². The van der Waals surface area contributed by atoms with Crippen molar-refractivity contribution in [1.29, 1.82) is 15.8 Å². The zero-order valence-electron chi connectivity index (χ0n) is 81.0. The van der Waals surface area contributed by atoms with Crippen LogP contribution in [-0.4, -0.2) is 41.1 Å². The molecule has 0 aliphatic rings. The summed E-state index contributed by atoms with van der Waals surface area (Å²) < 4.78 is 32.8. The highest BCUT2D eigenvalue weighted by molar-refractivity contribution is 7.80. The van der Waals surface area contributed by atoms with E-state index < -0.39 is 11.6 Å². The van der Waals surface area contributed by atoms with Gasteiger partial charge < -0.3 is 9.64 Å². The van der Waals surface area contributed by atoms with Gasteiger partial charge in [-0.3, -0.25) is 0 Å². The Morgan fingerprint density at radius 1 is 0.390 bits per heavy atom. The van der Waals surface area contributed by atoms with E-state index in [1.54, 1.807) is 69.9 Å². The van der Waals surface area contributed by atoms with Crippen molar-refractivity contribution in [2.75, 3.05) is 26.1 Å². The van der Waals surface area contributed by atoms with E-state index in [2.05, 4.69) is 219 Å². The highest BCUT2D eigenvalue weighted by atomic mass is 32.1. The van der Waals surface area contributed by atoms with Crippen molar-refractivity contribution < 1.29 is 13.5 Å². The van der Waals surface area contributed by atoms with Gasteiger partial charge in [0.05, 0.1) is 24.3 Å². The first kappa shape index (κ1) is 106. The van der Waals surface area contributed by atoms with Crippen LogP contribution >= 0.6 is 46.6 Å². The molecule has 14 rings (SSSR count). The van der Waals surface area contributed by atoms with Gasteiger partial charge in [-0.05, 0) is 244 Å². The predicted molar refractivity (Wildman–Crippen MR) is 577 cm³/mol.